The molecule has 6 heteroatoms. The molecule has 1 aliphatic rings. The number of halogens is 2. The summed E-state index contributed by atoms with van der Waals surface area (Å²) in [5.41, 5.74) is 0. The van der Waals surface area contributed by atoms with E-state index in [2.05, 4.69) is 20.5 Å². The molecule has 0 saturated carbocycles. The van der Waals surface area contributed by atoms with Crippen molar-refractivity contribution in [3.63, 3.8) is 0 Å². The highest BCUT2D eigenvalue weighted by molar-refractivity contribution is 6.37. The standard InChI is InChI=1S/C13H20Cl2N4/c1-16-12-10(14)9-11(15)13(18-12)17-5-4-8-19-6-2-3-7-19/h9H,2-8H2,1H3,(H2,16,17,18). The molecule has 0 bridgehead atoms. The summed E-state index contributed by atoms with van der Waals surface area (Å²) in [4.78, 5) is 6.86. The first kappa shape index (κ1) is 14.7. The minimum atomic E-state index is 0.537. The van der Waals surface area contributed by atoms with Crippen LogP contribution < -0.4 is 10.6 Å². The van der Waals surface area contributed by atoms with E-state index in [1.54, 1.807) is 13.1 Å². The van der Waals surface area contributed by atoms with Crippen molar-refractivity contribution in [2.45, 2.75) is 19.3 Å². The Balaban J connectivity index is 1.81. The SMILES string of the molecule is CNc1nc(NCCCN2CCCC2)c(Cl)cc1Cl. The molecule has 1 aliphatic heterocycles. The first-order valence-corrected chi connectivity index (χ1v) is 7.46. The Kier molecular flexibility index (Phi) is 5.55. The summed E-state index contributed by atoms with van der Waals surface area (Å²) in [5.74, 6) is 1.34. The van der Waals surface area contributed by atoms with Gasteiger partial charge in [0.25, 0.3) is 0 Å². The number of hydrogen-bond donors (Lipinski definition) is 2. The van der Waals surface area contributed by atoms with E-state index in [1.165, 1.54) is 25.9 Å². The number of rotatable bonds is 6. The van der Waals surface area contributed by atoms with E-state index >= 15 is 0 Å². The zero-order valence-corrected chi connectivity index (χ0v) is 12.7. The highest BCUT2D eigenvalue weighted by Crippen LogP contribution is 2.28. The Morgan fingerprint density at radius 3 is 2.58 bits per heavy atom. The van der Waals surface area contributed by atoms with Crippen LogP contribution in [0.4, 0.5) is 11.6 Å². The number of pyridine rings is 1. The van der Waals surface area contributed by atoms with Gasteiger partial charge in [0.1, 0.15) is 11.6 Å². The molecule has 0 aromatic carbocycles. The normalized spacial score (nSPS) is 15.7. The third kappa shape index (κ3) is 4.13. The van der Waals surface area contributed by atoms with Gasteiger partial charge in [0, 0.05) is 13.6 Å². The van der Waals surface area contributed by atoms with Crippen LogP contribution >= 0.6 is 23.2 Å². The lowest BCUT2D eigenvalue weighted by molar-refractivity contribution is 0.337. The number of hydrogen-bond acceptors (Lipinski definition) is 4. The van der Waals surface area contributed by atoms with Crippen molar-refractivity contribution in [1.29, 1.82) is 0 Å². The van der Waals surface area contributed by atoms with Gasteiger partial charge in [0.05, 0.1) is 10.0 Å². The molecule has 0 aliphatic carbocycles. The summed E-state index contributed by atoms with van der Waals surface area (Å²) in [6, 6.07) is 1.71. The maximum Gasteiger partial charge on any atom is 0.147 e. The van der Waals surface area contributed by atoms with Crippen LogP contribution in [0.15, 0.2) is 6.07 Å². The van der Waals surface area contributed by atoms with E-state index < -0.39 is 0 Å². The van der Waals surface area contributed by atoms with Crippen molar-refractivity contribution in [3.05, 3.63) is 16.1 Å². The van der Waals surface area contributed by atoms with Crippen LogP contribution in [0.5, 0.6) is 0 Å². The fourth-order valence-corrected chi connectivity index (χ4v) is 2.80. The maximum absolute atomic E-state index is 6.12. The summed E-state index contributed by atoms with van der Waals surface area (Å²) in [5, 5.41) is 7.32. The van der Waals surface area contributed by atoms with Crippen LogP contribution in [-0.4, -0.2) is 43.1 Å². The largest absolute Gasteiger partial charge is 0.372 e. The van der Waals surface area contributed by atoms with Crippen LogP contribution in [0.25, 0.3) is 0 Å². The average molecular weight is 303 g/mol. The third-order valence-electron chi connectivity index (χ3n) is 3.31. The number of nitrogens with one attached hydrogen (secondary N) is 2. The molecule has 1 fully saturated rings. The molecular weight excluding hydrogens is 283 g/mol. The summed E-state index contributed by atoms with van der Waals surface area (Å²) >= 11 is 12.1. The Labute approximate surface area is 124 Å². The molecule has 0 radical (unpaired) electrons. The molecule has 19 heavy (non-hydrogen) atoms. The third-order valence-corrected chi connectivity index (χ3v) is 3.88. The first-order chi connectivity index (χ1) is 9.20. The van der Waals surface area contributed by atoms with Gasteiger partial charge in [-0.25, -0.2) is 4.98 Å². The lowest BCUT2D eigenvalue weighted by Crippen LogP contribution is -2.22. The summed E-state index contributed by atoms with van der Waals surface area (Å²) < 4.78 is 0. The number of anilines is 2. The Hall–Kier alpha value is -0.710. The Morgan fingerprint density at radius 1 is 1.21 bits per heavy atom. The van der Waals surface area contributed by atoms with E-state index in [1.807, 2.05) is 0 Å². The lowest BCUT2D eigenvalue weighted by Gasteiger charge is -2.15. The van der Waals surface area contributed by atoms with Crippen molar-refractivity contribution < 1.29 is 0 Å². The van der Waals surface area contributed by atoms with Crippen LogP contribution in [0.2, 0.25) is 10.0 Å². The van der Waals surface area contributed by atoms with Crippen molar-refractivity contribution in [2.75, 3.05) is 43.9 Å². The molecule has 0 spiro atoms. The summed E-state index contributed by atoms with van der Waals surface area (Å²) in [6.07, 6.45) is 3.77. The number of likely N-dealkylation sites (tertiary alicyclic amines) is 1. The zero-order chi connectivity index (χ0) is 13.7. The van der Waals surface area contributed by atoms with Gasteiger partial charge < -0.3 is 15.5 Å². The predicted octanol–water partition coefficient (Wildman–Crippen LogP) is 3.33. The minimum absolute atomic E-state index is 0.537. The predicted molar refractivity (Wildman–Crippen MR) is 82.6 cm³/mol. The fourth-order valence-electron chi connectivity index (χ4n) is 2.28. The van der Waals surface area contributed by atoms with E-state index in [-0.39, 0.29) is 0 Å². The highest BCUT2D eigenvalue weighted by atomic mass is 35.5. The summed E-state index contributed by atoms with van der Waals surface area (Å²) in [6.45, 7) is 4.48. The molecule has 106 valence electrons. The van der Waals surface area contributed by atoms with Gasteiger partial charge in [-0.05, 0) is 45.0 Å². The molecule has 1 aromatic rings. The van der Waals surface area contributed by atoms with Crippen molar-refractivity contribution >= 4 is 34.8 Å². The lowest BCUT2D eigenvalue weighted by atomic mass is 10.3. The van der Waals surface area contributed by atoms with E-state index in [0.29, 0.717) is 21.7 Å². The molecular formula is C13H20Cl2N4. The Bertz CT molecular complexity index is 419. The van der Waals surface area contributed by atoms with Gasteiger partial charge in [-0.3, -0.25) is 0 Å². The second-order valence-electron chi connectivity index (χ2n) is 4.73. The van der Waals surface area contributed by atoms with Gasteiger partial charge >= 0.3 is 0 Å². The van der Waals surface area contributed by atoms with Gasteiger partial charge in [0.2, 0.25) is 0 Å². The van der Waals surface area contributed by atoms with E-state index in [9.17, 15) is 0 Å². The maximum atomic E-state index is 6.12. The molecule has 4 nitrogen and oxygen atoms in total. The monoisotopic (exact) mass is 302 g/mol. The molecule has 0 atom stereocenters. The quantitative estimate of drug-likeness (QED) is 0.791. The molecule has 0 unspecified atom stereocenters. The fraction of sp³-hybridized carbons (Fsp3) is 0.615. The molecule has 2 heterocycles. The molecule has 2 rings (SSSR count). The summed E-state index contributed by atoms with van der Waals surface area (Å²) in [7, 11) is 1.79. The van der Waals surface area contributed by atoms with Crippen LogP contribution in [-0.2, 0) is 0 Å². The van der Waals surface area contributed by atoms with Crippen LogP contribution in [0.1, 0.15) is 19.3 Å². The first-order valence-electron chi connectivity index (χ1n) is 6.70. The number of nitrogens with zero attached hydrogens (tertiary/aromatic N) is 2. The van der Waals surface area contributed by atoms with Crippen molar-refractivity contribution in [2.24, 2.45) is 0 Å². The highest BCUT2D eigenvalue weighted by Gasteiger charge is 2.11. The Morgan fingerprint density at radius 2 is 1.89 bits per heavy atom. The number of aromatic nitrogens is 1. The minimum Gasteiger partial charge on any atom is -0.372 e. The smallest absolute Gasteiger partial charge is 0.147 e. The van der Waals surface area contributed by atoms with Crippen molar-refractivity contribution in [3.8, 4) is 0 Å². The van der Waals surface area contributed by atoms with Crippen LogP contribution in [0.3, 0.4) is 0 Å². The van der Waals surface area contributed by atoms with Crippen LogP contribution in [0, 0.1) is 0 Å². The molecule has 1 aromatic heterocycles. The average Bonchev–Trinajstić information content (AvgIpc) is 2.90. The van der Waals surface area contributed by atoms with Crippen molar-refractivity contribution in [1.82, 2.24) is 9.88 Å². The van der Waals surface area contributed by atoms with E-state index in [0.717, 1.165) is 19.5 Å². The van der Waals surface area contributed by atoms with Gasteiger partial charge in [-0.15, -0.1) is 0 Å². The van der Waals surface area contributed by atoms with Gasteiger partial charge in [-0.1, -0.05) is 23.2 Å². The topological polar surface area (TPSA) is 40.2 Å². The molecule has 1 saturated heterocycles. The van der Waals surface area contributed by atoms with Gasteiger partial charge in [0.15, 0.2) is 0 Å². The molecule has 0 amide bonds. The second-order valence-corrected chi connectivity index (χ2v) is 5.54. The van der Waals surface area contributed by atoms with E-state index in [4.69, 9.17) is 23.2 Å². The van der Waals surface area contributed by atoms with Gasteiger partial charge in [-0.2, -0.15) is 0 Å². The molecule has 2 N–H and O–H groups in total. The zero-order valence-electron chi connectivity index (χ0n) is 11.2. The second kappa shape index (κ2) is 7.17.